The Balaban J connectivity index is 2.79. The number of benzene rings is 1. The van der Waals surface area contributed by atoms with Gasteiger partial charge in [0.15, 0.2) is 0 Å². The standard InChI is InChI=1S/C16H21ClN2O3/c1-5-6-9-22-11(2)15(20)18-14-10-12(7-8-13(14)17)16(21)19(3)4/h5,7-8,10-11H,1,6,9H2,2-4H3,(H,18,20). The molecule has 0 aliphatic rings. The van der Waals surface area contributed by atoms with Gasteiger partial charge in [-0.15, -0.1) is 6.58 Å². The van der Waals surface area contributed by atoms with Gasteiger partial charge in [-0.3, -0.25) is 9.59 Å². The van der Waals surface area contributed by atoms with Crippen LogP contribution >= 0.6 is 11.6 Å². The van der Waals surface area contributed by atoms with Gasteiger partial charge in [-0.25, -0.2) is 0 Å². The number of nitrogens with zero attached hydrogens (tertiary/aromatic N) is 1. The fourth-order valence-electron chi connectivity index (χ4n) is 1.65. The Labute approximate surface area is 135 Å². The normalized spacial score (nSPS) is 11.6. The van der Waals surface area contributed by atoms with Crippen molar-refractivity contribution >= 4 is 29.1 Å². The molecule has 120 valence electrons. The van der Waals surface area contributed by atoms with Crippen LogP contribution in [-0.2, 0) is 9.53 Å². The second-order valence-electron chi connectivity index (χ2n) is 4.97. The Morgan fingerprint density at radius 1 is 1.45 bits per heavy atom. The number of carbonyl (C=O) groups excluding carboxylic acids is 2. The van der Waals surface area contributed by atoms with Crippen LogP contribution in [0.1, 0.15) is 23.7 Å². The van der Waals surface area contributed by atoms with Crippen LogP contribution in [0.25, 0.3) is 0 Å². The van der Waals surface area contributed by atoms with Crippen molar-refractivity contribution < 1.29 is 14.3 Å². The highest BCUT2D eigenvalue weighted by molar-refractivity contribution is 6.34. The summed E-state index contributed by atoms with van der Waals surface area (Å²) < 4.78 is 5.37. The molecule has 0 saturated carbocycles. The zero-order valence-corrected chi connectivity index (χ0v) is 13.8. The average Bonchev–Trinajstić information content (AvgIpc) is 2.48. The molecule has 6 heteroatoms. The van der Waals surface area contributed by atoms with Crippen LogP contribution in [0.4, 0.5) is 5.69 Å². The SMILES string of the molecule is C=CCCOC(C)C(=O)Nc1cc(C(=O)N(C)C)ccc1Cl. The number of carbonyl (C=O) groups is 2. The molecule has 0 fully saturated rings. The molecule has 1 N–H and O–H groups in total. The Bertz CT molecular complexity index is 558. The number of ether oxygens (including phenoxy) is 1. The summed E-state index contributed by atoms with van der Waals surface area (Å²) in [7, 11) is 3.31. The van der Waals surface area contributed by atoms with E-state index in [1.165, 1.54) is 4.90 Å². The zero-order chi connectivity index (χ0) is 16.7. The van der Waals surface area contributed by atoms with E-state index in [4.69, 9.17) is 16.3 Å². The minimum absolute atomic E-state index is 0.164. The highest BCUT2D eigenvalue weighted by atomic mass is 35.5. The van der Waals surface area contributed by atoms with Crippen LogP contribution < -0.4 is 5.32 Å². The summed E-state index contributed by atoms with van der Waals surface area (Å²) in [5.74, 6) is -0.483. The first-order chi connectivity index (χ1) is 10.4. The molecule has 1 atom stereocenters. The Hall–Kier alpha value is -1.85. The molecule has 0 aliphatic carbocycles. The third kappa shape index (κ3) is 5.16. The Morgan fingerprint density at radius 3 is 2.73 bits per heavy atom. The third-order valence-electron chi connectivity index (χ3n) is 2.94. The fourth-order valence-corrected chi connectivity index (χ4v) is 1.82. The maximum absolute atomic E-state index is 12.1. The molecule has 0 aliphatic heterocycles. The van der Waals surface area contributed by atoms with Crippen molar-refractivity contribution in [3.8, 4) is 0 Å². The van der Waals surface area contributed by atoms with Crippen molar-refractivity contribution in [2.24, 2.45) is 0 Å². The Kier molecular flexibility index (Phi) is 7.08. The average molecular weight is 325 g/mol. The monoisotopic (exact) mass is 324 g/mol. The van der Waals surface area contributed by atoms with Gasteiger partial charge >= 0.3 is 0 Å². The number of halogens is 1. The molecule has 0 bridgehead atoms. The van der Waals surface area contributed by atoms with Crippen LogP contribution in [-0.4, -0.2) is 43.5 Å². The summed E-state index contributed by atoms with van der Waals surface area (Å²) in [5, 5.41) is 3.04. The molecule has 0 spiro atoms. The number of nitrogens with one attached hydrogen (secondary N) is 1. The molecular weight excluding hydrogens is 304 g/mol. The molecule has 1 aromatic carbocycles. The summed E-state index contributed by atoms with van der Waals surface area (Å²) in [6.07, 6.45) is 1.77. The van der Waals surface area contributed by atoms with Crippen LogP contribution in [0.15, 0.2) is 30.9 Å². The molecule has 1 aromatic rings. The predicted molar refractivity (Wildman–Crippen MR) is 88.3 cm³/mol. The molecule has 1 unspecified atom stereocenters. The lowest BCUT2D eigenvalue weighted by atomic mass is 10.1. The van der Waals surface area contributed by atoms with Crippen LogP contribution in [0.3, 0.4) is 0 Å². The maximum atomic E-state index is 12.1. The van der Waals surface area contributed by atoms with Gasteiger partial charge in [0.25, 0.3) is 11.8 Å². The fraction of sp³-hybridized carbons (Fsp3) is 0.375. The number of hydrogen-bond acceptors (Lipinski definition) is 3. The minimum atomic E-state index is -0.621. The van der Waals surface area contributed by atoms with Crippen molar-refractivity contribution in [3.05, 3.63) is 41.4 Å². The highest BCUT2D eigenvalue weighted by Gasteiger charge is 2.16. The number of rotatable bonds is 7. The first-order valence-electron chi connectivity index (χ1n) is 6.91. The van der Waals surface area contributed by atoms with Crippen molar-refractivity contribution in [3.63, 3.8) is 0 Å². The zero-order valence-electron chi connectivity index (χ0n) is 13.1. The number of hydrogen-bond donors (Lipinski definition) is 1. The topological polar surface area (TPSA) is 58.6 Å². The molecular formula is C16H21ClN2O3. The van der Waals surface area contributed by atoms with Crippen molar-refractivity contribution in [1.82, 2.24) is 4.90 Å². The summed E-state index contributed by atoms with van der Waals surface area (Å²) in [6, 6.07) is 4.75. The van der Waals surface area contributed by atoms with E-state index >= 15 is 0 Å². The van der Waals surface area contributed by atoms with Crippen LogP contribution in [0.2, 0.25) is 5.02 Å². The second-order valence-corrected chi connectivity index (χ2v) is 5.38. The van der Waals surface area contributed by atoms with E-state index in [0.717, 1.165) is 0 Å². The molecule has 22 heavy (non-hydrogen) atoms. The van der Waals surface area contributed by atoms with E-state index in [9.17, 15) is 9.59 Å². The molecule has 0 heterocycles. The van der Waals surface area contributed by atoms with Crippen LogP contribution in [0.5, 0.6) is 0 Å². The number of anilines is 1. The first kappa shape index (κ1) is 18.2. The molecule has 1 rings (SSSR count). The van der Waals surface area contributed by atoms with E-state index in [1.807, 2.05) is 0 Å². The lowest BCUT2D eigenvalue weighted by Gasteiger charge is -2.15. The highest BCUT2D eigenvalue weighted by Crippen LogP contribution is 2.24. The van der Waals surface area contributed by atoms with E-state index in [2.05, 4.69) is 11.9 Å². The summed E-state index contributed by atoms with van der Waals surface area (Å²) in [6.45, 7) is 5.66. The smallest absolute Gasteiger partial charge is 0.253 e. The Morgan fingerprint density at radius 2 is 2.14 bits per heavy atom. The maximum Gasteiger partial charge on any atom is 0.253 e. The van der Waals surface area contributed by atoms with Gasteiger partial charge in [-0.05, 0) is 31.5 Å². The largest absolute Gasteiger partial charge is 0.368 e. The molecule has 5 nitrogen and oxygen atoms in total. The first-order valence-corrected chi connectivity index (χ1v) is 7.29. The van der Waals surface area contributed by atoms with E-state index < -0.39 is 6.10 Å². The van der Waals surface area contributed by atoms with Gasteiger partial charge in [0.1, 0.15) is 6.10 Å². The van der Waals surface area contributed by atoms with E-state index in [1.54, 1.807) is 45.3 Å². The predicted octanol–water partition coefficient (Wildman–Crippen LogP) is 2.96. The van der Waals surface area contributed by atoms with Gasteiger partial charge in [0.05, 0.1) is 17.3 Å². The van der Waals surface area contributed by atoms with Crippen LogP contribution in [0, 0.1) is 0 Å². The van der Waals surface area contributed by atoms with E-state index in [0.29, 0.717) is 29.3 Å². The molecule has 0 radical (unpaired) electrons. The van der Waals surface area contributed by atoms with Gasteiger partial charge < -0.3 is 15.0 Å². The summed E-state index contributed by atoms with van der Waals surface area (Å²) in [5.41, 5.74) is 0.837. The van der Waals surface area contributed by atoms with Gasteiger partial charge in [-0.2, -0.15) is 0 Å². The number of amides is 2. The van der Waals surface area contributed by atoms with Gasteiger partial charge in [0, 0.05) is 19.7 Å². The summed E-state index contributed by atoms with van der Waals surface area (Å²) >= 11 is 6.06. The van der Waals surface area contributed by atoms with Gasteiger partial charge in [-0.1, -0.05) is 17.7 Å². The van der Waals surface area contributed by atoms with E-state index in [-0.39, 0.29) is 11.8 Å². The second kappa shape index (κ2) is 8.56. The molecule has 0 saturated heterocycles. The van der Waals surface area contributed by atoms with Crippen molar-refractivity contribution in [1.29, 1.82) is 0 Å². The lowest BCUT2D eigenvalue weighted by molar-refractivity contribution is -0.126. The van der Waals surface area contributed by atoms with Crippen molar-refractivity contribution in [2.75, 3.05) is 26.0 Å². The third-order valence-corrected chi connectivity index (χ3v) is 3.27. The van der Waals surface area contributed by atoms with Gasteiger partial charge in [0.2, 0.25) is 0 Å². The lowest BCUT2D eigenvalue weighted by Crippen LogP contribution is -2.28. The van der Waals surface area contributed by atoms with Crippen molar-refractivity contribution in [2.45, 2.75) is 19.4 Å². The summed E-state index contributed by atoms with van der Waals surface area (Å²) in [4.78, 5) is 25.5. The quantitative estimate of drug-likeness (QED) is 0.619. The molecule has 2 amide bonds. The molecule has 0 aromatic heterocycles. The minimum Gasteiger partial charge on any atom is -0.368 e.